The fourth-order valence-electron chi connectivity index (χ4n) is 4.64. The zero-order valence-electron chi connectivity index (χ0n) is 20.0. The first kappa shape index (κ1) is 28.3. The highest BCUT2D eigenvalue weighted by Crippen LogP contribution is 2.36. The molecule has 38 heavy (non-hydrogen) atoms. The fraction of sp³-hybridized carbons (Fsp3) is 0.417. The molecule has 1 aromatic carbocycles. The third kappa shape index (κ3) is 6.45. The van der Waals surface area contributed by atoms with Gasteiger partial charge in [-0.1, -0.05) is 0 Å². The molecule has 2 aromatic heterocycles. The Morgan fingerprint density at radius 1 is 1.13 bits per heavy atom. The van der Waals surface area contributed by atoms with Gasteiger partial charge in [0.25, 0.3) is 0 Å². The van der Waals surface area contributed by atoms with Gasteiger partial charge in [0.1, 0.15) is 11.6 Å². The van der Waals surface area contributed by atoms with Crippen molar-refractivity contribution in [2.45, 2.75) is 62.3 Å². The van der Waals surface area contributed by atoms with E-state index in [9.17, 15) is 35.2 Å². The third-order valence-electron chi connectivity index (χ3n) is 6.20. The highest BCUT2D eigenvalue weighted by atomic mass is 79.9. The van der Waals surface area contributed by atoms with Gasteiger partial charge in [-0.2, -0.15) is 18.3 Å². The second kappa shape index (κ2) is 10.8. The number of alkyl halides is 3. The Hall–Kier alpha value is -2.74. The van der Waals surface area contributed by atoms with Gasteiger partial charge >= 0.3 is 6.18 Å². The molecule has 0 fully saturated rings. The minimum atomic E-state index is -4.66. The number of benzene rings is 1. The lowest BCUT2D eigenvalue weighted by atomic mass is 9.91. The van der Waals surface area contributed by atoms with Crippen molar-refractivity contribution >= 4 is 31.6 Å². The first-order valence-corrected chi connectivity index (χ1v) is 14.3. The summed E-state index contributed by atoms with van der Waals surface area (Å²) in [6, 6.07) is 2.84. The van der Waals surface area contributed by atoms with Gasteiger partial charge in [-0.3, -0.25) is 9.48 Å². The van der Waals surface area contributed by atoms with E-state index in [1.165, 1.54) is 6.20 Å². The van der Waals surface area contributed by atoms with Crippen LogP contribution < -0.4 is 0 Å². The molecule has 0 amide bonds. The van der Waals surface area contributed by atoms with Crippen molar-refractivity contribution in [3.8, 4) is 0 Å². The first-order valence-electron chi connectivity index (χ1n) is 11.6. The highest BCUT2D eigenvalue weighted by molar-refractivity contribution is 9.10. The van der Waals surface area contributed by atoms with Crippen LogP contribution in [0.3, 0.4) is 0 Å². The van der Waals surface area contributed by atoms with Crippen LogP contribution in [0.5, 0.6) is 0 Å². The van der Waals surface area contributed by atoms with Gasteiger partial charge in [0.15, 0.2) is 11.5 Å². The van der Waals surface area contributed by atoms with Gasteiger partial charge < -0.3 is 0 Å². The number of halogens is 6. The Morgan fingerprint density at radius 3 is 2.42 bits per heavy atom. The normalized spacial score (nSPS) is 14.8. The molecule has 4 rings (SSSR count). The van der Waals surface area contributed by atoms with Crippen LogP contribution in [-0.2, 0) is 46.6 Å². The van der Waals surface area contributed by atoms with Crippen LogP contribution in [0.2, 0.25) is 0 Å². The summed E-state index contributed by atoms with van der Waals surface area (Å²) in [5.41, 5.74) is -0.245. The number of carbonyl (C=O) groups is 1. The van der Waals surface area contributed by atoms with E-state index in [1.54, 1.807) is 0 Å². The van der Waals surface area contributed by atoms with Gasteiger partial charge in [0.2, 0.25) is 15.0 Å². The lowest BCUT2D eigenvalue weighted by molar-refractivity contribution is -0.142. The van der Waals surface area contributed by atoms with Gasteiger partial charge in [-0.05, 0) is 65.7 Å². The van der Waals surface area contributed by atoms with E-state index in [4.69, 9.17) is 0 Å². The van der Waals surface area contributed by atoms with Crippen LogP contribution in [0.15, 0.2) is 34.0 Å². The van der Waals surface area contributed by atoms with Gasteiger partial charge in [-0.25, -0.2) is 27.2 Å². The van der Waals surface area contributed by atoms with E-state index in [1.807, 2.05) is 0 Å². The Labute approximate surface area is 223 Å². The Kier molecular flexibility index (Phi) is 8.03. The average molecular weight is 621 g/mol. The smallest absolute Gasteiger partial charge is 0.298 e. The number of ketones is 1. The number of rotatable bonds is 8. The average Bonchev–Trinajstić information content (AvgIpc) is 3.16. The van der Waals surface area contributed by atoms with Crippen molar-refractivity contribution in [1.82, 2.24) is 19.7 Å². The van der Waals surface area contributed by atoms with E-state index in [0.717, 1.165) is 23.1 Å². The largest absolute Gasteiger partial charge is 0.435 e. The molecular formula is C24H22BrF5N4O3S. The van der Waals surface area contributed by atoms with Crippen LogP contribution in [0.1, 0.15) is 53.4 Å². The number of Topliss-reactive ketones (excluding diaryl/α,β-unsaturated/α-hetero) is 1. The van der Waals surface area contributed by atoms with Crippen LogP contribution in [-0.4, -0.2) is 40.2 Å². The van der Waals surface area contributed by atoms with Crippen molar-refractivity contribution in [1.29, 1.82) is 0 Å². The van der Waals surface area contributed by atoms with Gasteiger partial charge in [0, 0.05) is 42.1 Å². The lowest BCUT2D eigenvalue weighted by Crippen LogP contribution is -2.20. The van der Waals surface area contributed by atoms with Crippen molar-refractivity contribution in [3.63, 3.8) is 0 Å². The van der Waals surface area contributed by atoms with E-state index in [2.05, 4.69) is 31.0 Å². The molecule has 0 aliphatic heterocycles. The monoisotopic (exact) mass is 620 g/mol. The molecule has 7 nitrogen and oxygen atoms in total. The summed E-state index contributed by atoms with van der Waals surface area (Å²) >= 11 is 3.25. The van der Waals surface area contributed by atoms with E-state index >= 15 is 0 Å². The second-order valence-electron chi connectivity index (χ2n) is 9.22. The highest BCUT2D eigenvalue weighted by Gasteiger charge is 2.39. The Bertz CT molecular complexity index is 1470. The second-order valence-corrected chi connectivity index (χ2v) is 12.0. The van der Waals surface area contributed by atoms with E-state index < -0.39 is 56.7 Å². The van der Waals surface area contributed by atoms with Crippen LogP contribution in [0, 0.1) is 11.6 Å². The molecule has 2 heterocycles. The predicted octanol–water partition coefficient (Wildman–Crippen LogP) is 5.00. The van der Waals surface area contributed by atoms with Gasteiger partial charge in [0.05, 0.1) is 16.7 Å². The number of nitrogens with zero attached hydrogens (tertiary/aromatic N) is 4. The number of sulfone groups is 1. The SMILES string of the molecule is CS(=O)(=O)c1ncc(Br)c([C@H](CC(=O)Cn2nc(C(F)(F)F)c3c2CCCC3)Cc2cc(F)cc(F)c2)n1. The molecule has 14 heteroatoms. The van der Waals surface area contributed by atoms with Crippen molar-refractivity contribution in [2.24, 2.45) is 0 Å². The predicted molar refractivity (Wildman–Crippen MR) is 129 cm³/mol. The molecule has 0 bridgehead atoms. The van der Waals surface area contributed by atoms with E-state index in [0.29, 0.717) is 31.0 Å². The summed E-state index contributed by atoms with van der Waals surface area (Å²) in [5, 5.41) is 3.21. The summed E-state index contributed by atoms with van der Waals surface area (Å²) in [5.74, 6) is -3.07. The maximum absolute atomic E-state index is 13.9. The van der Waals surface area contributed by atoms with Gasteiger partial charge in [-0.15, -0.1) is 0 Å². The molecule has 0 saturated heterocycles. The fourth-order valence-corrected chi connectivity index (χ4v) is 5.67. The maximum atomic E-state index is 13.9. The molecule has 3 aromatic rings. The number of hydrogen-bond donors (Lipinski definition) is 0. The van der Waals surface area contributed by atoms with Crippen LogP contribution in [0.25, 0.3) is 0 Å². The molecule has 204 valence electrons. The standard InChI is InChI=1S/C24H22BrF5N4O3S/c1-38(36,37)23-31-11-19(25)21(32-23)14(6-13-7-15(26)10-16(27)8-13)9-17(35)12-34-20-5-3-2-4-18(20)22(33-34)24(28,29)30/h7-8,10-11,14H,2-6,9,12H2,1H3/t14-/m0/s1. The van der Waals surface area contributed by atoms with Crippen molar-refractivity contribution < 1.29 is 35.2 Å². The number of carbonyl (C=O) groups excluding carboxylic acids is 1. The quantitative estimate of drug-likeness (QED) is 0.260. The minimum absolute atomic E-state index is 0.0969. The molecule has 0 spiro atoms. The summed E-state index contributed by atoms with van der Waals surface area (Å²) in [6.07, 6.45) is -1.15. The lowest BCUT2D eigenvalue weighted by Gasteiger charge is -2.19. The Morgan fingerprint density at radius 2 is 1.79 bits per heavy atom. The summed E-state index contributed by atoms with van der Waals surface area (Å²) < 4.78 is 93.8. The number of aromatic nitrogens is 4. The third-order valence-corrected chi connectivity index (χ3v) is 7.67. The number of hydrogen-bond acceptors (Lipinski definition) is 6. The molecule has 1 aliphatic rings. The molecule has 1 atom stereocenters. The number of fused-ring (bicyclic) bond motifs is 1. The first-order chi connectivity index (χ1) is 17.7. The summed E-state index contributed by atoms with van der Waals surface area (Å²) in [6.45, 7) is -0.450. The molecular weight excluding hydrogens is 599 g/mol. The topological polar surface area (TPSA) is 94.8 Å². The van der Waals surface area contributed by atoms with Crippen molar-refractivity contribution in [3.05, 3.63) is 68.7 Å². The summed E-state index contributed by atoms with van der Waals surface area (Å²) in [4.78, 5) is 21.1. The molecule has 0 saturated carbocycles. The molecule has 1 aliphatic carbocycles. The molecule has 0 unspecified atom stereocenters. The summed E-state index contributed by atoms with van der Waals surface area (Å²) in [7, 11) is -3.83. The molecule has 0 N–H and O–H groups in total. The zero-order chi connectivity index (χ0) is 27.8. The maximum Gasteiger partial charge on any atom is 0.435 e. The van der Waals surface area contributed by atoms with Crippen LogP contribution >= 0.6 is 15.9 Å². The van der Waals surface area contributed by atoms with Crippen molar-refractivity contribution in [2.75, 3.05) is 6.26 Å². The van der Waals surface area contributed by atoms with E-state index in [-0.39, 0.29) is 40.6 Å². The van der Waals surface area contributed by atoms with Crippen LogP contribution in [0.4, 0.5) is 22.0 Å². The minimum Gasteiger partial charge on any atom is -0.298 e. The Balaban J connectivity index is 1.69. The molecule has 0 radical (unpaired) electrons. The zero-order valence-corrected chi connectivity index (χ0v) is 22.4.